The highest BCUT2D eigenvalue weighted by Gasteiger charge is 2.41. The summed E-state index contributed by atoms with van der Waals surface area (Å²) in [6.07, 6.45) is -0.494. The monoisotopic (exact) mass is 207 g/mol. The number of hydrogen-bond acceptors (Lipinski definition) is 1. The van der Waals surface area contributed by atoms with Gasteiger partial charge in [0.25, 0.3) is 0 Å². The molecule has 1 nitrogen and oxygen atoms in total. The first-order valence-electron chi connectivity index (χ1n) is 4.95. The van der Waals surface area contributed by atoms with Crippen LogP contribution in [0.15, 0.2) is 12.7 Å². The van der Waals surface area contributed by atoms with Crippen LogP contribution in [0.25, 0.3) is 0 Å². The molecule has 0 aromatic carbocycles. The van der Waals surface area contributed by atoms with Crippen LogP contribution in [0.5, 0.6) is 0 Å². The van der Waals surface area contributed by atoms with Crippen LogP contribution in [0.1, 0.15) is 25.7 Å². The third-order valence-corrected chi connectivity index (χ3v) is 2.74. The lowest BCUT2D eigenvalue weighted by Gasteiger charge is -2.30. The zero-order valence-electron chi connectivity index (χ0n) is 8.11. The summed E-state index contributed by atoms with van der Waals surface area (Å²) in [4.78, 5) is 0. The van der Waals surface area contributed by atoms with E-state index in [9.17, 15) is 13.2 Å². The van der Waals surface area contributed by atoms with Gasteiger partial charge in [-0.25, -0.2) is 0 Å². The van der Waals surface area contributed by atoms with Gasteiger partial charge in [-0.3, -0.25) is 0 Å². The molecule has 14 heavy (non-hydrogen) atoms. The van der Waals surface area contributed by atoms with E-state index >= 15 is 0 Å². The predicted octanol–water partition coefficient (Wildman–Crippen LogP) is 2.88. The highest BCUT2D eigenvalue weighted by atomic mass is 19.4. The van der Waals surface area contributed by atoms with Gasteiger partial charge in [-0.2, -0.15) is 13.2 Å². The Bertz CT molecular complexity index is 180. The van der Waals surface area contributed by atoms with E-state index in [1.54, 1.807) is 6.08 Å². The smallest absolute Gasteiger partial charge is 0.311 e. The van der Waals surface area contributed by atoms with E-state index in [1.807, 2.05) is 0 Å². The van der Waals surface area contributed by atoms with E-state index < -0.39 is 12.1 Å². The molecule has 0 aromatic rings. The maximum atomic E-state index is 12.3. The summed E-state index contributed by atoms with van der Waals surface area (Å²) in [5.41, 5.74) is 0. The van der Waals surface area contributed by atoms with E-state index in [0.29, 0.717) is 19.4 Å². The fourth-order valence-corrected chi connectivity index (χ4v) is 1.87. The van der Waals surface area contributed by atoms with Crippen LogP contribution in [-0.2, 0) is 0 Å². The fraction of sp³-hybridized carbons (Fsp3) is 0.800. The molecule has 0 amide bonds. The Balaban J connectivity index is 2.27. The van der Waals surface area contributed by atoms with Crippen molar-refractivity contribution in [3.05, 3.63) is 12.7 Å². The van der Waals surface area contributed by atoms with Crippen molar-refractivity contribution in [3.63, 3.8) is 0 Å². The Morgan fingerprint density at radius 2 is 1.79 bits per heavy atom. The molecule has 0 saturated heterocycles. The minimum absolute atomic E-state index is 0.242. The topological polar surface area (TPSA) is 12.0 Å². The molecule has 0 spiro atoms. The van der Waals surface area contributed by atoms with Crippen LogP contribution in [0.2, 0.25) is 0 Å². The Morgan fingerprint density at radius 3 is 2.21 bits per heavy atom. The van der Waals surface area contributed by atoms with E-state index in [1.165, 1.54) is 0 Å². The van der Waals surface area contributed by atoms with Crippen molar-refractivity contribution < 1.29 is 13.2 Å². The summed E-state index contributed by atoms with van der Waals surface area (Å²) in [5, 5.41) is 3.16. The second-order valence-corrected chi connectivity index (χ2v) is 3.79. The fourth-order valence-electron chi connectivity index (χ4n) is 1.87. The molecule has 0 radical (unpaired) electrons. The van der Waals surface area contributed by atoms with Crippen molar-refractivity contribution >= 4 is 0 Å². The van der Waals surface area contributed by atoms with E-state index in [0.717, 1.165) is 0 Å². The van der Waals surface area contributed by atoms with Gasteiger partial charge in [-0.15, -0.1) is 6.58 Å². The van der Waals surface area contributed by atoms with E-state index in [4.69, 9.17) is 0 Å². The van der Waals surface area contributed by atoms with Crippen molar-refractivity contribution in [3.8, 4) is 0 Å². The van der Waals surface area contributed by atoms with Gasteiger partial charge in [0.1, 0.15) is 0 Å². The Hall–Kier alpha value is -0.510. The highest BCUT2D eigenvalue weighted by Crippen LogP contribution is 2.37. The van der Waals surface area contributed by atoms with Crippen molar-refractivity contribution in [1.82, 2.24) is 5.32 Å². The van der Waals surface area contributed by atoms with Gasteiger partial charge in [0.05, 0.1) is 5.92 Å². The average Bonchev–Trinajstić information content (AvgIpc) is 2.14. The van der Waals surface area contributed by atoms with Gasteiger partial charge < -0.3 is 5.32 Å². The molecule has 0 aromatic heterocycles. The zero-order chi connectivity index (χ0) is 10.6. The third kappa shape index (κ3) is 3.33. The maximum absolute atomic E-state index is 12.3. The molecule has 1 aliphatic carbocycles. The Labute approximate surface area is 82.4 Å². The minimum Gasteiger partial charge on any atom is -0.311 e. The SMILES string of the molecule is C=CCNC1CCC(C(F)(F)F)CC1. The summed E-state index contributed by atoms with van der Waals surface area (Å²) >= 11 is 0. The van der Waals surface area contributed by atoms with E-state index in [2.05, 4.69) is 11.9 Å². The molecular formula is C10H16F3N. The van der Waals surface area contributed by atoms with Gasteiger partial charge in [-0.05, 0) is 25.7 Å². The van der Waals surface area contributed by atoms with Crippen LogP contribution >= 0.6 is 0 Å². The minimum atomic E-state index is -4.00. The van der Waals surface area contributed by atoms with Gasteiger partial charge in [0, 0.05) is 12.6 Å². The average molecular weight is 207 g/mol. The molecule has 0 aliphatic heterocycles. The first-order chi connectivity index (χ1) is 6.54. The molecule has 1 N–H and O–H groups in total. The van der Waals surface area contributed by atoms with E-state index in [-0.39, 0.29) is 18.9 Å². The van der Waals surface area contributed by atoms with Crippen molar-refractivity contribution in [2.24, 2.45) is 5.92 Å². The second-order valence-electron chi connectivity index (χ2n) is 3.79. The molecule has 1 saturated carbocycles. The molecule has 82 valence electrons. The van der Waals surface area contributed by atoms with Crippen LogP contribution in [0, 0.1) is 5.92 Å². The summed E-state index contributed by atoms with van der Waals surface area (Å²) in [5.74, 6) is -1.08. The molecule has 0 bridgehead atoms. The normalized spacial score (nSPS) is 28.8. The van der Waals surface area contributed by atoms with Crippen molar-refractivity contribution in [2.75, 3.05) is 6.54 Å². The predicted molar refractivity (Wildman–Crippen MR) is 50.0 cm³/mol. The van der Waals surface area contributed by atoms with Gasteiger partial charge in [0.2, 0.25) is 0 Å². The molecule has 0 heterocycles. The molecule has 0 atom stereocenters. The number of nitrogens with one attached hydrogen (secondary N) is 1. The van der Waals surface area contributed by atoms with Crippen LogP contribution < -0.4 is 5.32 Å². The summed E-state index contributed by atoms with van der Waals surface area (Å²) in [6.45, 7) is 4.24. The van der Waals surface area contributed by atoms with Crippen LogP contribution in [0.4, 0.5) is 13.2 Å². The maximum Gasteiger partial charge on any atom is 0.391 e. The molecular weight excluding hydrogens is 191 g/mol. The Kier molecular flexibility index (Phi) is 3.98. The highest BCUT2D eigenvalue weighted by molar-refractivity contribution is 4.82. The lowest BCUT2D eigenvalue weighted by atomic mass is 9.85. The zero-order valence-corrected chi connectivity index (χ0v) is 8.11. The third-order valence-electron chi connectivity index (χ3n) is 2.74. The molecule has 1 fully saturated rings. The lowest BCUT2D eigenvalue weighted by molar-refractivity contribution is -0.182. The first-order valence-corrected chi connectivity index (χ1v) is 4.95. The molecule has 1 aliphatic rings. The van der Waals surface area contributed by atoms with Crippen molar-refractivity contribution in [2.45, 2.75) is 37.9 Å². The lowest BCUT2D eigenvalue weighted by Crippen LogP contribution is -2.36. The summed E-state index contributed by atoms with van der Waals surface area (Å²) in [7, 11) is 0. The van der Waals surface area contributed by atoms with Gasteiger partial charge in [-0.1, -0.05) is 6.08 Å². The van der Waals surface area contributed by atoms with Crippen LogP contribution in [0.3, 0.4) is 0 Å². The Morgan fingerprint density at radius 1 is 1.21 bits per heavy atom. The van der Waals surface area contributed by atoms with Gasteiger partial charge >= 0.3 is 6.18 Å². The summed E-state index contributed by atoms with van der Waals surface area (Å²) in [6, 6.07) is 0.242. The number of alkyl halides is 3. The standard InChI is InChI=1S/C10H16F3N/c1-2-7-14-9-5-3-8(4-6-9)10(11,12)13/h2,8-9,14H,1,3-7H2. The van der Waals surface area contributed by atoms with Gasteiger partial charge in [0.15, 0.2) is 0 Å². The molecule has 4 heteroatoms. The number of hydrogen-bond donors (Lipinski definition) is 1. The molecule has 0 unspecified atom stereocenters. The van der Waals surface area contributed by atoms with Crippen molar-refractivity contribution in [1.29, 1.82) is 0 Å². The molecule has 1 rings (SSSR count). The first kappa shape index (κ1) is 11.6. The largest absolute Gasteiger partial charge is 0.391 e. The van der Waals surface area contributed by atoms with Crippen LogP contribution in [-0.4, -0.2) is 18.8 Å². The summed E-state index contributed by atoms with van der Waals surface area (Å²) < 4.78 is 36.9. The number of halogens is 3. The second kappa shape index (κ2) is 4.82. The quantitative estimate of drug-likeness (QED) is 0.702. The number of rotatable bonds is 3.